The van der Waals surface area contributed by atoms with Crippen molar-refractivity contribution in [3.63, 3.8) is 0 Å². The van der Waals surface area contributed by atoms with Crippen LogP contribution in [0.4, 0.5) is 4.79 Å². The van der Waals surface area contributed by atoms with Gasteiger partial charge in [0.15, 0.2) is 0 Å². The molecule has 2 atom stereocenters. The van der Waals surface area contributed by atoms with Crippen LogP contribution in [-0.2, 0) is 11.2 Å². The van der Waals surface area contributed by atoms with E-state index in [9.17, 15) is 14.7 Å². The second kappa shape index (κ2) is 8.41. The highest BCUT2D eigenvalue weighted by Crippen LogP contribution is 2.11. The first-order chi connectivity index (χ1) is 9.92. The highest BCUT2D eigenvalue weighted by atomic mass is 32.2. The van der Waals surface area contributed by atoms with Gasteiger partial charge in [-0.15, -0.1) is 0 Å². The second-order valence-corrected chi connectivity index (χ2v) is 5.94. The molecule has 2 unspecified atom stereocenters. The van der Waals surface area contributed by atoms with Gasteiger partial charge in [-0.25, -0.2) is 9.59 Å². The molecule has 0 fully saturated rings. The van der Waals surface area contributed by atoms with Crippen LogP contribution in [0.5, 0.6) is 5.75 Å². The lowest BCUT2D eigenvalue weighted by atomic mass is 10.1. The third-order valence-electron chi connectivity index (χ3n) is 2.93. The van der Waals surface area contributed by atoms with Crippen LogP contribution in [-0.4, -0.2) is 46.3 Å². The molecule has 21 heavy (non-hydrogen) atoms. The van der Waals surface area contributed by atoms with Gasteiger partial charge in [-0.05, 0) is 24.0 Å². The number of aromatic hydroxyl groups is 1. The van der Waals surface area contributed by atoms with E-state index in [-0.39, 0.29) is 17.4 Å². The molecule has 0 aliphatic heterocycles. The summed E-state index contributed by atoms with van der Waals surface area (Å²) in [5, 5.41) is 23.7. The molecule has 1 aromatic carbocycles. The molecule has 0 radical (unpaired) electrons. The Morgan fingerprint density at radius 3 is 2.43 bits per heavy atom. The molecule has 7 heteroatoms. The minimum Gasteiger partial charge on any atom is -0.508 e. The van der Waals surface area contributed by atoms with Gasteiger partial charge in [0.25, 0.3) is 0 Å². The average molecular weight is 312 g/mol. The predicted octanol–water partition coefficient (Wildman–Crippen LogP) is 1.44. The van der Waals surface area contributed by atoms with Crippen molar-refractivity contribution in [2.75, 3.05) is 12.8 Å². The number of hydrogen-bond acceptors (Lipinski definition) is 4. The molecule has 0 heterocycles. The van der Waals surface area contributed by atoms with E-state index >= 15 is 0 Å². The van der Waals surface area contributed by atoms with Gasteiger partial charge in [-0.3, -0.25) is 0 Å². The maximum Gasteiger partial charge on any atom is 0.326 e. The molecule has 0 aliphatic carbocycles. The lowest BCUT2D eigenvalue weighted by Crippen LogP contribution is -2.48. The summed E-state index contributed by atoms with van der Waals surface area (Å²) in [7, 11) is 0. The van der Waals surface area contributed by atoms with Gasteiger partial charge in [0.1, 0.15) is 11.8 Å². The zero-order chi connectivity index (χ0) is 15.8. The van der Waals surface area contributed by atoms with E-state index in [0.717, 1.165) is 5.56 Å². The van der Waals surface area contributed by atoms with Crippen molar-refractivity contribution in [3.8, 4) is 5.75 Å². The fourth-order valence-corrected chi connectivity index (χ4v) is 1.85. The summed E-state index contributed by atoms with van der Waals surface area (Å²) >= 11 is 1.61. The van der Waals surface area contributed by atoms with Crippen LogP contribution in [0.3, 0.4) is 0 Å². The van der Waals surface area contributed by atoms with Crippen LogP contribution in [0, 0.1) is 0 Å². The van der Waals surface area contributed by atoms with E-state index in [1.54, 1.807) is 23.9 Å². The first-order valence-corrected chi connectivity index (χ1v) is 7.79. The molecule has 0 aromatic heterocycles. The lowest BCUT2D eigenvalue weighted by Gasteiger charge is -2.16. The van der Waals surface area contributed by atoms with Gasteiger partial charge in [-0.1, -0.05) is 19.1 Å². The highest BCUT2D eigenvalue weighted by molar-refractivity contribution is 7.99. The van der Waals surface area contributed by atoms with Crippen LogP contribution in [0.15, 0.2) is 24.3 Å². The zero-order valence-corrected chi connectivity index (χ0v) is 12.8. The van der Waals surface area contributed by atoms with E-state index in [2.05, 4.69) is 10.6 Å². The van der Waals surface area contributed by atoms with Gasteiger partial charge in [0.2, 0.25) is 0 Å². The molecule has 0 saturated heterocycles. The van der Waals surface area contributed by atoms with Crippen molar-refractivity contribution in [3.05, 3.63) is 29.8 Å². The molecule has 0 spiro atoms. The Morgan fingerprint density at radius 1 is 1.29 bits per heavy atom. The molecular formula is C14H20N2O4S. The summed E-state index contributed by atoms with van der Waals surface area (Å²) in [6.45, 7) is 2.44. The van der Waals surface area contributed by atoms with E-state index in [4.69, 9.17) is 5.11 Å². The van der Waals surface area contributed by atoms with Crippen LogP contribution in [0.25, 0.3) is 0 Å². The first-order valence-electron chi connectivity index (χ1n) is 6.50. The van der Waals surface area contributed by atoms with Crippen molar-refractivity contribution in [2.24, 2.45) is 0 Å². The van der Waals surface area contributed by atoms with E-state index < -0.39 is 18.0 Å². The number of phenols is 1. The predicted molar refractivity (Wildman–Crippen MR) is 82.7 cm³/mol. The number of carbonyl (C=O) groups is 2. The standard InChI is InChI=1S/C14H20N2O4S/c1-9(21-2)8-15-14(20)16-12(13(18)19)7-10-3-5-11(17)6-4-10/h3-6,9,12,17H,7-8H2,1-2H3,(H,18,19)(H2,15,16,20). The van der Waals surface area contributed by atoms with Gasteiger partial charge in [0.05, 0.1) is 0 Å². The van der Waals surface area contributed by atoms with Crippen molar-refractivity contribution < 1.29 is 19.8 Å². The maximum absolute atomic E-state index is 11.7. The van der Waals surface area contributed by atoms with Crippen molar-refractivity contribution >= 4 is 23.8 Å². The summed E-state index contributed by atoms with van der Waals surface area (Å²) in [5.41, 5.74) is 0.720. The maximum atomic E-state index is 11.7. The van der Waals surface area contributed by atoms with Crippen LogP contribution >= 0.6 is 11.8 Å². The Labute approximate surface area is 127 Å². The van der Waals surface area contributed by atoms with E-state index in [1.807, 2.05) is 13.2 Å². The fraction of sp³-hybridized carbons (Fsp3) is 0.429. The van der Waals surface area contributed by atoms with Gasteiger partial charge >= 0.3 is 12.0 Å². The van der Waals surface area contributed by atoms with E-state index in [0.29, 0.717) is 6.54 Å². The molecule has 6 nitrogen and oxygen atoms in total. The summed E-state index contributed by atoms with van der Waals surface area (Å²) < 4.78 is 0. The van der Waals surface area contributed by atoms with Gasteiger partial charge in [0, 0.05) is 18.2 Å². The Bertz CT molecular complexity index is 478. The number of thioether (sulfide) groups is 1. The molecule has 116 valence electrons. The summed E-state index contributed by atoms with van der Waals surface area (Å²) in [6.07, 6.45) is 2.09. The third kappa shape index (κ3) is 6.40. The largest absolute Gasteiger partial charge is 0.508 e. The number of nitrogens with one attached hydrogen (secondary N) is 2. The third-order valence-corrected chi connectivity index (χ3v) is 3.90. The Hall–Kier alpha value is -1.89. The number of benzene rings is 1. The minimum atomic E-state index is -1.10. The average Bonchev–Trinajstić information content (AvgIpc) is 2.46. The van der Waals surface area contributed by atoms with Gasteiger partial charge in [-0.2, -0.15) is 11.8 Å². The van der Waals surface area contributed by atoms with Crippen LogP contribution in [0.2, 0.25) is 0 Å². The number of hydrogen-bond donors (Lipinski definition) is 4. The monoisotopic (exact) mass is 312 g/mol. The Balaban J connectivity index is 2.55. The van der Waals surface area contributed by atoms with Crippen molar-refractivity contribution in [2.45, 2.75) is 24.6 Å². The van der Waals surface area contributed by atoms with Crippen molar-refractivity contribution in [1.82, 2.24) is 10.6 Å². The summed E-state index contributed by atoms with van der Waals surface area (Å²) in [6, 6.07) is 4.70. The molecule has 2 amide bonds. The number of urea groups is 1. The zero-order valence-electron chi connectivity index (χ0n) is 12.0. The van der Waals surface area contributed by atoms with Crippen LogP contribution in [0.1, 0.15) is 12.5 Å². The van der Waals surface area contributed by atoms with Crippen LogP contribution < -0.4 is 10.6 Å². The highest BCUT2D eigenvalue weighted by Gasteiger charge is 2.20. The van der Waals surface area contributed by atoms with Crippen molar-refractivity contribution in [1.29, 1.82) is 0 Å². The topological polar surface area (TPSA) is 98.7 Å². The molecule has 0 saturated carbocycles. The quantitative estimate of drug-likeness (QED) is 0.610. The van der Waals surface area contributed by atoms with E-state index in [1.165, 1.54) is 12.1 Å². The number of carboxylic acids is 1. The molecule has 1 rings (SSSR count). The molecule has 0 aliphatic rings. The number of aliphatic carboxylic acids is 1. The summed E-state index contributed by atoms with van der Waals surface area (Å²) in [4.78, 5) is 22.9. The molecule has 4 N–H and O–H groups in total. The number of amides is 2. The Morgan fingerprint density at radius 2 is 1.90 bits per heavy atom. The fourth-order valence-electron chi connectivity index (χ4n) is 1.60. The number of carbonyl (C=O) groups excluding carboxylic acids is 1. The normalized spacial score (nSPS) is 13.2. The molecule has 0 bridgehead atoms. The number of phenolic OH excluding ortho intramolecular Hbond substituents is 1. The summed E-state index contributed by atoms with van der Waals surface area (Å²) in [5.74, 6) is -0.987. The molecular weight excluding hydrogens is 292 g/mol. The first kappa shape index (κ1) is 17.2. The lowest BCUT2D eigenvalue weighted by molar-refractivity contribution is -0.139. The Kier molecular flexibility index (Phi) is 6.87. The number of carboxylic acid groups (broad SMARTS) is 1. The second-order valence-electron chi connectivity index (χ2n) is 4.66. The number of rotatable bonds is 7. The minimum absolute atomic E-state index is 0.113. The smallest absolute Gasteiger partial charge is 0.326 e. The van der Waals surface area contributed by atoms with Gasteiger partial charge < -0.3 is 20.8 Å². The SMILES string of the molecule is CSC(C)CNC(=O)NC(Cc1ccc(O)cc1)C(=O)O. The molecule has 1 aromatic rings.